The van der Waals surface area contributed by atoms with Crippen LogP contribution in [0.3, 0.4) is 0 Å². The second-order valence-electron chi connectivity index (χ2n) is 4.68. The molecule has 0 saturated carbocycles. The average molecular weight is 325 g/mol. The molecular formula is C16H14F3NO3. The smallest absolute Gasteiger partial charge is 0.387 e. The predicted octanol–water partition coefficient (Wildman–Crippen LogP) is 2.89. The van der Waals surface area contributed by atoms with Gasteiger partial charge >= 0.3 is 6.61 Å². The molecule has 2 rings (SSSR count). The molecule has 0 heterocycles. The fourth-order valence-electron chi connectivity index (χ4n) is 1.91. The van der Waals surface area contributed by atoms with Gasteiger partial charge in [0.2, 0.25) is 0 Å². The predicted molar refractivity (Wildman–Crippen MR) is 76.8 cm³/mol. The number of carbonyl (C=O) groups is 1. The number of nitrogens with one attached hydrogen (secondary N) is 1. The zero-order valence-corrected chi connectivity index (χ0v) is 11.9. The first-order chi connectivity index (χ1) is 11.0. The van der Waals surface area contributed by atoms with Gasteiger partial charge in [-0.15, -0.1) is 0 Å². The normalized spacial score (nSPS) is 12.0. The van der Waals surface area contributed by atoms with Crippen LogP contribution in [0.5, 0.6) is 5.75 Å². The number of rotatable bonds is 6. The van der Waals surface area contributed by atoms with Crippen molar-refractivity contribution in [2.45, 2.75) is 12.7 Å². The second kappa shape index (κ2) is 7.64. The summed E-state index contributed by atoms with van der Waals surface area (Å²) in [6.45, 7) is -3.08. The van der Waals surface area contributed by atoms with Gasteiger partial charge in [0, 0.05) is 12.1 Å². The minimum atomic E-state index is -2.98. The zero-order valence-electron chi connectivity index (χ0n) is 11.9. The number of amides is 1. The maximum absolute atomic E-state index is 12.8. The molecule has 0 saturated heterocycles. The van der Waals surface area contributed by atoms with Crippen molar-refractivity contribution in [1.29, 1.82) is 0 Å². The highest BCUT2D eigenvalue weighted by Crippen LogP contribution is 2.16. The molecule has 0 aliphatic rings. The molecule has 0 aliphatic carbocycles. The Hall–Kier alpha value is -2.54. The summed E-state index contributed by atoms with van der Waals surface area (Å²) in [5.74, 6) is -1.11. The molecule has 0 radical (unpaired) electrons. The van der Waals surface area contributed by atoms with Crippen LogP contribution in [0.4, 0.5) is 13.2 Å². The minimum absolute atomic E-state index is 0.107. The molecule has 122 valence electrons. The molecule has 4 nitrogen and oxygen atoms in total. The number of carbonyl (C=O) groups excluding carboxylic acids is 1. The van der Waals surface area contributed by atoms with Gasteiger partial charge in [-0.1, -0.05) is 18.2 Å². The molecule has 0 unspecified atom stereocenters. The van der Waals surface area contributed by atoms with Gasteiger partial charge in [0.25, 0.3) is 5.91 Å². The summed E-state index contributed by atoms with van der Waals surface area (Å²) in [6, 6.07) is 10.5. The SMILES string of the molecule is O=C(NC[C@@H](O)c1ccc(F)cc1)c1cccc(OC(F)F)c1. The summed E-state index contributed by atoms with van der Waals surface area (Å²) in [6.07, 6.45) is -1.01. The third-order valence-electron chi connectivity index (χ3n) is 3.03. The van der Waals surface area contributed by atoms with Crippen LogP contribution in [0.15, 0.2) is 48.5 Å². The molecule has 23 heavy (non-hydrogen) atoms. The van der Waals surface area contributed by atoms with Gasteiger partial charge < -0.3 is 15.2 Å². The lowest BCUT2D eigenvalue weighted by atomic mass is 10.1. The first-order valence-corrected chi connectivity index (χ1v) is 6.72. The summed E-state index contributed by atoms with van der Waals surface area (Å²) in [7, 11) is 0. The Morgan fingerprint density at radius 2 is 1.87 bits per heavy atom. The van der Waals surface area contributed by atoms with Crippen molar-refractivity contribution in [2.24, 2.45) is 0 Å². The Balaban J connectivity index is 1.95. The summed E-state index contributed by atoms with van der Waals surface area (Å²) in [5.41, 5.74) is 0.566. The van der Waals surface area contributed by atoms with Crippen molar-refractivity contribution in [1.82, 2.24) is 5.32 Å². The van der Waals surface area contributed by atoms with Gasteiger partial charge in [-0.3, -0.25) is 4.79 Å². The topological polar surface area (TPSA) is 58.6 Å². The fourth-order valence-corrected chi connectivity index (χ4v) is 1.91. The van der Waals surface area contributed by atoms with Crippen LogP contribution >= 0.6 is 0 Å². The summed E-state index contributed by atoms with van der Waals surface area (Å²) >= 11 is 0. The summed E-state index contributed by atoms with van der Waals surface area (Å²) in [5, 5.41) is 12.4. The molecule has 0 aromatic heterocycles. The molecule has 1 atom stereocenters. The quantitative estimate of drug-likeness (QED) is 0.858. The lowest BCUT2D eigenvalue weighted by molar-refractivity contribution is -0.0498. The van der Waals surface area contributed by atoms with Crippen molar-refractivity contribution in [3.05, 3.63) is 65.5 Å². The van der Waals surface area contributed by atoms with E-state index in [2.05, 4.69) is 10.1 Å². The summed E-state index contributed by atoms with van der Waals surface area (Å²) < 4.78 is 41.3. The molecule has 0 fully saturated rings. The van der Waals surface area contributed by atoms with E-state index in [9.17, 15) is 23.1 Å². The van der Waals surface area contributed by atoms with Gasteiger partial charge in [-0.05, 0) is 35.9 Å². The van der Waals surface area contributed by atoms with Crippen LogP contribution in [0, 0.1) is 5.82 Å². The number of hydrogen-bond acceptors (Lipinski definition) is 3. The Bertz CT molecular complexity index is 662. The third-order valence-corrected chi connectivity index (χ3v) is 3.03. The number of aliphatic hydroxyl groups is 1. The maximum Gasteiger partial charge on any atom is 0.387 e. The van der Waals surface area contributed by atoms with Gasteiger partial charge in [0.05, 0.1) is 6.10 Å². The summed E-state index contributed by atoms with van der Waals surface area (Å²) in [4.78, 5) is 11.9. The number of aliphatic hydroxyl groups excluding tert-OH is 1. The van der Waals surface area contributed by atoms with E-state index in [0.29, 0.717) is 5.56 Å². The lowest BCUT2D eigenvalue weighted by Gasteiger charge is -2.13. The Labute approximate surface area is 130 Å². The van der Waals surface area contributed by atoms with E-state index in [4.69, 9.17) is 0 Å². The standard InChI is InChI=1S/C16H14F3NO3/c17-12-6-4-10(5-7-12)14(21)9-20-15(22)11-2-1-3-13(8-11)23-16(18)19/h1-8,14,16,21H,9H2,(H,20,22)/t14-/m1/s1. The highest BCUT2D eigenvalue weighted by atomic mass is 19.3. The van der Waals surface area contributed by atoms with E-state index in [1.54, 1.807) is 0 Å². The van der Waals surface area contributed by atoms with E-state index < -0.39 is 24.4 Å². The lowest BCUT2D eigenvalue weighted by Crippen LogP contribution is -2.28. The Morgan fingerprint density at radius 1 is 1.17 bits per heavy atom. The van der Waals surface area contributed by atoms with Gasteiger partial charge in [-0.2, -0.15) is 8.78 Å². The molecule has 2 aromatic carbocycles. The van der Waals surface area contributed by atoms with Crippen molar-refractivity contribution < 1.29 is 27.8 Å². The van der Waals surface area contributed by atoms with Gasteiger partial charge in [0.15, 0.2) is 0 Å². The largest absolute Gasteiger partial charge is 0.435 e. The first kappa shape index (κ1) is 16.8. The molecule has 2 aromatic rings. The van der Waals surface area contributed by atoms with Gasteiger partial charge in [-0.25, -0.2) is 4.39 Å². The molecule has 0 spiro atoms. The van der Waals surface area contributed by atoms with E-state index in [-0.39, 0.29) is 17.9 Å². The molecule has 0 aliphatic heterocycles. The van der Waals surface area contributed by atoms with Crippen molar-refractivity contribution >= 4 is 5.91 Å². The second-order valence-corrected chi connectivity index (χ2v) is 4.68. The number of ether oxygens (including phenoxy) is 1. The molecule has 2 N–H and O–H groups in total. The Morgan fingerprint density at radius 3 is 2.52 bits per heavy atom. The molecular weight excluding hydrogens is 311 g/mol. The maximum atomic E-state index is 12.8. The van der Waals surface area contributed by atoms with Crippen LogP contribution in [0.2, 0.25) is 0 Å². The van der Waals surface area contributed by atoms with Crippen molar-refractivity contribution in [3.63, 3.8) is 0 Å². The van der Waals surface area contributed by atoms with Crippen molar-refractivity contribution in [3.8, 4) is 5.75 Å². The molecule has 7 heteroatoms. The number of halogens is 3. The van der Waals surface area contributed by atoms with Crippen LogP contribution in [0.25, 0.3) is 0 Å². The highest BCUT2D eigenvalue weighted by Gasteiger charge is 2.12. The van der Waals surface area contributed by atoms with Crippen molar-refractivity contribution in [2.75, 3.05) is 6.54 Å². The van der Waals surface area contributed by atoms with Crippen LogP contribution in [-0.4, -0.2) is 24.2 Å². The molecule has 0 bridgehead atoms. The number of benzene rings is 2. The van der Waals surface area contributed by atoms with Crippen LogP contribution in [0.1, 0.15) is 22.0 Å². The van der Waals surface area contributed by atoms with Gasteiger partial charge in [0.1, 0.15) is 11.6 Å². The van der Waals surface area contributed by atoms with E-state index in [0.717, 1.165) is 0 Å². The Kier molecular flexibility index (Phi) is 5.59. The fraction of sp³-hybridized carbons (Fsp3) is 0.188. The van der Waals surface area contributed by atoms with E-state index >= 15 is 0 Å². The zero-order chi connectivity index (χ0) is 16.8. The number of hydrogen-bond donors (Lipinski definition) is 2. The average Bonchev–Trinajstić information content (AvgIpc) is 2.52. The first-order valence-electron chi connectivity index (χ1n) is 6.72. The third kappa shape index (κ3) is 5.00. The molecule has 1 amide bonds. The minimum Gasteiger partial charge on any atom is -0.435 e. The highest BCUT2D eigenvalue weighted by molar-refractivity contribution is 5.94. The number of alkyl halides is 2. The van der Waals surface area contributed by atoms with Crippen LogP contribution < -0.4 is 10.1 Å². The monoisotopic (exact) mass is 325 g/mol. The van der Waals surface area contributed by atoms with E-state index in [1.807, 2.05) is 0 Å². The van der Waals surface area contributed by atoms with E-state index in [1.165, 1.54) is 48.5 Å². The van der Waals surface area contributed by atoms with Crippen LogP contribution in [-0.2, 0) is 0 Å².